The molecule has 1 saturated heterocycles. The third kappa shape index (κ3) is 3.92. The lowest BCUT2D eigenvalue weighted by atomic mass is 9.99. The highest BCUT2D eigenvalue weighted by atomic mass is 16.2. The largest absolute Gasteiger partial charge is 0.351 e. The van der Waals surface area contributed by atoms with Gasteiger partial charge in [0.1, 0.15) is 0 Å². The molecule has 0 radical (unpaired) electrons. The molecule has 3 rings (SSSR count). The van der Waals surface area contributed by atoms with Gasteiger partial charge in [0, 0.05) is 38.9 Å². The summed E-state index contributed by atoms with van der Waals surface area (Å²) in [6.07, 6.45) is 2.73. The van der Waals surface area contributed by atoms with Gasteiger partial charge < -0.3 is 14.8 Å². The molecule has 0 spiro atoms. The Morgan fingerprint density at radius 3 is 2.75 bits per heavy atom. The smallest absolute Gasteiger partial charge is 0.252 e. The van der Waals surface area contributed by atoms with E-state index in [9.17, 15) is 9.59 Å². The maximum Gasteiger partial charge on any atom is 0.252 e. The first-order valence-corrected chi connectivity index (χ1v) is 8.35. The molecule has 1 fully saturated rings. The van der Waals surface area contributed by atoms with Gasteiger partial charge in [-0.15, -0.1) is 0 Å². The number of carbonyl (C=O) groups is 1. The van der Waals surface area contributed by atoms with Gasteiger partial charge in [-0.25, -0.2) is 0 Å². The van der Waals surface area contributed by atoms with Crippen molar-refractivity contribution >= 4 is 5.91 Å². The van der Waals surface area contributed by atoms with E-state index in [1.54, 1.807) is 19.3 Å². The molecule has 0 bridgehead atoms. The van der Waals surface area contributed by atoms with Crippen LogP contribution in [0.1, 0.15) is 28.3 Å². The molecule has 24 heavy (non-hydrogen) atoms. The first-order chi connectivity index (χ1) is 11.6. The molecule has 0 unspecified atom stereocenters. The van der Waals surface area contributed by atoms with Gasteiger partial charge in [0.25, 0.3) is 5.91 Å². The molecule has 2 heterocycles. The number of benzene rings is 1. The maximum atomic E-state index is 12.1. The Balaban J connectivity index is 1.46. The zero-order chi connectivity index (χ0) is 16.9. The van der Waals surface area contributed by atoms with E-state index in [-0.39, 0.29) is 11.5 Å². The minimum Gasteiger partial charge on any atom is -0.351 e. The topological polar surface area (TPSA) is 54.3 Å². The number of nitrogens with zero attached hydrogens (tertiary/aromatic N) is 2. The second-order valence-corrected chi connectivity index (χ2v) is 6.32. The standard InChI is InChI=1S/C19H23N3O2/c1-21-13-17(7-8-18(21)23)19(24)20-10-12-22-11-9-16(14-22)15-5-3-2-4-6-15/h2-8,13,16H,9-12,14H2,1H3,(H,20,24)/t16-/m0/s1. The molecule has 0 saturated carbocycles. The van der Waals surface area contributed by atoms with Crippen molar-refractivity contribution in [2.24, 2.45) is 7.05 Å². The number of pyridine rings is 1. The van der Waals surface area contributed by atoms with Crippen LogP contribution in [0.15, 0.2) is 53.5 Å². The Labute approximate surface area is 141 Å². The van der Waals surface area contributed by atoms with Gasteiger partial charge in [0.05, 0.1) is 5.56 Å². The fourth-order valence-corrected chi connectivity index (χ4v) is 3.19. The second-order valence-electron chi connectivity index (χ2n) is 6.32. The highest BCUT2D eigenvalue weighted by Crippen LogP contribution is 2.26. The van der Waals surface area contributed by atoms with Crippen molar-refractivity contribution in [2.75, 3.05) is 26.2 Å². The Kier molecular flexibility index (Phi) is 5.11. The predicted octanol–water partition coefficient (Wildman–Crippen LogP) is 1.60. The molecule has 5 nitrogen and oxygen atoms in total. The summed E-state index contributed by atoms with van der Waals surface area (Å²) in [4.78, 5) is 25.9. The van der Waals surface area contributed by atoms with Crippen LogP contribution in [0.5, 0.6) is 0 Å². The normalized spacial score (nSPS) is 17.8. The SMILES string of the molecule is Cn1cc(C(=O)NCCN2CC[C@H](c3ccccc3)C2)ccc1=O. The number of hydrogen-bond acceptors (Lipinski definition) is 3. The summed E-state index contributed by atoms with van der Waals surface area (Å²) in [5, 5.41) is 2.93. The predicted molar refractivity (Wildman–Crippen MR) is 94.3 cm³/mol. The average molecular weight is 325 g/mol. The Hall–Kier alpha value is -2.40. The highest BCUT2D eigenvalue weighted by molar-refractivity contribution is 5.93. The van der Waals surface area contributed by atoms with Crippen LogP contribution in [-0.4, -0.2) is 41.6 Å². The lowest BCUT2D eigenvalue weighted by Crippen LogP contribution is -2.34. The van der Waals surface area contributed by atoms with E-state index in [0.29, 0.717) is 18.0 Å². The van der Waals surface area contributed by atoms with Crippen LogP contribution in [-0.2, 0) is 7.05 Å². The summed E-state index contributed by atoms with van der Waals surface area (Å²) in [6, 6.07) is 13.6. The quantitative estimate of drug-likeness (QED) is 0.908. The number of nitrogens with one attached hydrogen (secondary N) is 1. The van der Waals surface area contributed by atoms with Crippen molar-refractivity contribution < 1.29 is 4.79 Å². The third-order valence-electron chi connectivity index (χ3n) is 4.60. The molecular formula is C19H23N3O2. The second kappa shape index (κ2) is 7.45. The van der Waals surface area contributed by atoms with Gasteiger partial charge in [-0.05, 0) is 30.5 Å². The number of hydrogen-bond donors (Lipinski definition) is 1. The van der Waals surface area contributed by atoms with E-state index in [2.05, 4.69) is 34.5 Å². The van der Waals surface area contributed by atoms with Crippen molar-refractivity contribution in [3.05, 3.63) is 70.1 Å². The molecule has 1 aromatic heterocycles. The van der Waals surface area contributed by atoms with Crippen molar-refractivity contribution in [1.82, 2.24) is 14.8 Å². The summed E-state index contributed by atoms with van der Waals surface area (Å²) in [5.74, 6) is 0.454. The van der Waals surface area contributed by atoms with Crippen LogP contribution in [0.4, 0.5) is 0 Å². The van der Waals surface area contributed by atoms with Gasteiger partial charge in [0.15, 0.2) is 0 Å². The Morgan fingerprint density at radius 2 is 2.00 bits per heavy atom. The van der Waals surface area contributed by atoms with Crippen LogP contribution < -0.4 is 10.9 Å². The zero-order valence-corrected chi connectivity index (χ0v) is 13.9. The minimum absolute atomic E-state index is 0.115. The van der Waals surface area contributed by atoms with Crippen LogP contribution in [0.25, 0.3) is 0 Å². The van der Waals surface area contributed by atoms with E-state index in [4.69, 9.17) is 0 Å². The van der Waals surface area contributed by atoms with Crippen LogP contribution in [0.2, 0.25) is 0 Å². The Bertz CT molecular complexity index is 755. The molecule has 0 aliphatic carbocycles. The Morgan fingerprint density at radius 1 is 1.21 bits per heavy atom. The average Bonchev–Trinajstić information content (AvgIpc) is 3.07. The maximum absolute atomic E-state index is 12.1. The summed E-state index contributed by atoms with van der Waals surface area (Å²) < 4.78 is 1.42. The molecule has 1 aliphatic rings. The van der Waals surface area contributed by atoms with E-state index in [1.807, 2.05) is 6.07 Å². The fourth-order valence-electron chi connectivity index (χ4n) is 3.19. The molecule has 1 amide bonds. The van der Waals surface area contributed by atoms with Gasteiger partial charge >= 0.3 is 0 Å². The molecule has 1 N–H and O–H groups in total. The number of amides is 1. The highest BCUT2D eigenvalue weighted by Gasteiger charge is 2.23. The van der Waals surface area contributed by atoms with Crippen LogP contribution in [0, 0.1) is 0 Å². The molecular weight excluding hydrogens is 302 g/mol. The first-order valence-electron chi connectivity index (χ1n) is 8.35. The van der Waals surface area contributed by atoms with Gasteiger partial charge in [-0.2, -0.15) is 0 Å². The number of carbonyl (C=O) groups excluding carboxylic acids is 1. The monoisotopic (exact) mass is 325 g/mol. The van der Waals surface area contributed by atoms with E-state index >= 15 is 0 Å². The minimum atomic E-state index is -0.135. The van der Waals surface area contributed by atoms with Gasteiger partial charge in [0.2, 0.25) is 5.56 Å². The zero-order valence-electron chi connectivity index (χ0n) is 13.9. The molecule has 126 valence electrons. The fraction of sp³-hybridized carbons (Fsp3) is 0.368. The summed E-state index contributed by atoms with van der Waals surface area (Å²) >= 11 is 0. The van der Waals surface area contributed by atoms with Gasteiger partial charge in [-0.1, -0.05) is 30.3 Å². The lowest BCUT2D eigenvalue weighted by molar-refractivity contribution is 0.0949. The molecule has 1 aliphatic heterocycles. The van der Waals surface area contributed by atoms with Crippen molar-refractivity contribution in [3.63, 3.8) is 0 Å². The summed E-state index contributed by atoms with van der Waals surface area (Å²) in [7, 11) is 1.65. The van der Waals surface area contributed by atoms with E-state index in [1.165, 1.54) is 22.6 Å². The molecule has 1 atom stereocenters. The molecule has 5 heteroatoms. The van der Waals surface area contributed by atoms with Crippen molar-refractivity contribution in [1.29, 1.82) is 0 Å². The lowest BCUT2D eigenvalue weighted by Gasteiger charge is -2.16. The molecule has 1 aromatic carbocycles. The van der Waals surface area contributed by atoms with E-state index in [0.717, 1.165) is 19.6 Å². The van der Waals surface area contributed by atoms with Crippen molar-refractivity contribution in [3.8, 4) is 0 Å². The molecule has 2 aromatic rings. The number of aryl methyl sites for hydroxylation is 1. The number of aromatic nitrogens is 1. The van der Waals surface area contributed by atoms with E-state index < -0.39 is 0 Å². The van der Waals surface area contributed by atoms with Crippen LogP contribution in [0.3, 0.4) is 0 Å². The third-order valence-corrected chi connectivity index (χ3v) is 4.60. The summed E-state index contributed by atoms with van der Waals surface area (Å²) in [6.45, 7) is 3.57. The number of likely N-dealkylation sites (tertiary alicyclic amines) is 1. The first kappa shape index (κ1) is 16.5. The number of rotatable bonds is 5. The van der Waals surface area contributed by atoms with Crippen LogP contribution >= 0.6 is 0 Å². The summed E-state index contributed by atoms with van der Waals surface area (Å²) in [5.41, 5.74) is 1.80. The van der Waals surface area contributed by atoms with Crippen molar-refractivity contribution in [2.45, 2.75) is 12.3 Å². The van der Waals surface area contributed by atoms with Gasteiger partial charge in [-0.3, -0.25) is 9.59 Å².